The van der Waals surface area contributed by atoms with Crippen LogP contribution >= 0.6 is 11.6 Å². The van der Waals surface area contributed by atoms with Crippen molar-refractivity contribution in [3.8, 4) is 5.75 Å². The molecule has 0 spiro atoms. The molecule has 4 rings (SSSR count). The highest BCUT2D eigenvalue weighted by molar-refractivity contribution is 6.31. The van der Waals surface area contributed by atoms with E-state index < -0.39 is 0 Å². The zero-order chi connectivity index (χ0) is 21.8. The van der Waals surface area contributed by atoms with Crippen LogP contribution < -0.4 is 15.0 Å². The molecule has 0 saturated heterocycles. The van der Waals surface area contributed by atoms with Crippen molar-refractivity contribution in [2.75, 3.05) is 30.4 Å². The molecule has 0 radical (unpaired) electrons. The summed E-state index contributed by atoms with van der Waals surface area (Å²) in [5.74, 6) is 2.93. The molecule has 7 heteroatoms. The summed E-state index contributed by atoms with van der Waals surface area (Å²) < 4.78 is 5.16. The van der Waals surface area contributed by atoms with Crippen LogP contribution in [0.1, 0.15) is 44.3 Å². The number of rotatable bonds is 9. The number of methoxy groups -OCH3 is 1. The molecule has 162 valence electrons. The number of anilines is 2. The summed E-state index contributed by atoms with van der Waals surface area (Å²) in [5, 5.41) is 4.59. The minimum Gasteiger partial charge on any atom is -0.497 e. The van der Waals surface area contributed by atoms with Gasteiger partial charge in [0.25, 0.3) is 0 Å². The molecule has 1 aromatic heterocycles. The van der Waals surface area contributed by atoms with Crippen LogP contribution in [0.2, 0.25) is 5.02 Å². The summed E-state index contributed by atoms with van der Waals surface area (Å²) >= 11 is 6.22. The van der Waals surface area contributed by atoms with E-state index in [1.54, 1.807) is 7.11 Å². The lowest BCUT2D eigenvalue weighted by molar-refractivity contribution is -0.116. The van der Waals surface area contributed by atoms with E-state index in [2.05, 4.69) is 17.1 Å². The van der Waals surface area contributed by atoms with Crippen molar-refractivity contribution in [1.82, 2.24) is 9.97 Å². The van der Waals surface area contributed by atoms with Crippen molar-refractivity contribution in [2.45, 2.75) is 38.5 Å². The van der Waals surface area contributed by atoms with Gasteiger partial charge in [0.15, 0.2) is 0 Å². The van der Waals surface area contributed by atoms with E-state index in [1.807, 2.05) is 42.5 Å². The number of nitrogens with one attached hydrogen (secondary N) is 1. The average Bonchev–Trinajstić information content (AvgIpc) is 3.62. The predicted molar refractivity (Wildman–Crippen MR) is 125 cm³/mol. The number of carbonyl (C=O) groups is 1. The number of hydrogen-bond acceptors (Lipinski definition) is 5. The van der Waals surface area contributed by atoms with Gasteiger partial charge in [0.1, 0.15) is 17.4 Å². The Morgan fingerprint density at radius 1 is 1.16 bits per heavy atom. The molecule has 0 bridgehead atoms. The van der Waals surface area contributed by atoms with Gasteiger partial charge in [-0.2, -0.15) is 0 Å². The smallest absolute Gasteiger partial charge is 0.226 e. The lowest BCUT2D eigenvalue weighted by atomic mass is 10.2. The number of carbonyl (C=O) groups excluding carboxylic acids is 1. The fourth-order valence-electron chi connectivity index (χ4n) is 3.60. The van der Waals surface area contributed by atoms with Gasteiger partial charge in [-0.15, -0.1) is 0 Å². The Labute approximate surface area is 187 Å². The number of amides is 1. The molecule has 0 unspecified atom stereocenters. The average molecular weight is 439 g/mol. The Balaban J connectivity index is 1.52. The van der Waals surface area contributed by atoms with E-state index in [1.165, 1.54) is 0 Å². The van der Waals surface area contributed by atoms with Gasteiger partial charge in [-0.05, 0) is 61.7 Å². The fraction of sp³-hybridized carbons (Fsp3) is 0.375. The Bertz CT molecular complexity index is 1070. The first-order valence-corrected chi connectivity index (χ1v) is 11.1. The van der Waals surface area contributed by atoms with Crippen molar-refractivity contribution in [3.63, 3.8) is 0 Å². The highest BCUT2D eigenvalue weighted by Crippen LogP contribution is 2.40. The standard InChI is InChI=1S/C24H27ClN4O2/c1-3-13-29(14-12-22(30)26-18-7-9-19(31-2)10-8-18)24-20-11-6-17(25)15-21(20)27-23(28-24)16-4-5-16/h6-11,15-16H,3-5,12-14H2,1-2H3,(H,26,30). The van der Waals surface area contributed by atoms with Crippen LogP contribution in [0.4, 0.5) is 11.5 Å². The molecule has 1 N–H and O–H groups in total. The molecule has 1 aliphatic rings. The highest BCUT2D eigenvalue weighted by atomic mass is 35.5. The van der Waals surface area contributed by atoms with Gasteiger partial charge in [0.05, 0.1) is 12.6 Å². The summed E-state index contributed by atoms with van der Waals surface area (Å²) in [4.78, 5) is 24.4. The number of fused-ring (bicyclic) bond motifs is 1. The third kappa shape index (κ3) is 5.25. The number of halogens is 1. The Morgan fingerprint density at radius 3 is 2.61 bits per heavy atom. The summed E-state index contributed by atoms with van der Waals surface area (Å²) in [6, 6.07) is 13.1. The molecular weight excluding hydrogens is 412 g/mol. The molecule has 3 aromatic rings. The largest absolute Gasteiger partial charge is 0.497 e. The lowest BCUT2D eigenvalue weighted by Gasteiger charge is -2.25. The SMILES string of the molecule is CCCN(CCC(=O)Nc1ccc(OC)cc1)c1nc(C2CC2)nc2cc(Cl)ccc12. The molecule has 0 aliphatic heterocycles. The summed E-state index contributed by atoms with van der Waals surface area (Å²) in [6.45, 7) is 3.52. The molecule has 6 nitrogen and oxygen atoms in total. The second-order valence-electron chi connectivity index (χ2n) is 7.85. The third-order valence-electron chi connectivity index (χ3n) is 5.37. The van der Waals surface area contributed by atoms with E-state index in [0.29, 0.717) is 23.9 Å². The molecular formula is C24H27ClN4O2. The lowest BCUT2D eigenvalue weighted by Crippen LogP contribution is -2.30. The third-order valence-corrected chi connectivity index (χ3v) is 5.61. The topological polar surface area (TPSA) is 67.4 Å². The van der Waals surface area contributed by atoms with E-state index in [4.69, 9.17) is 26.3 Å². The zero-order valence-corrected chi connectivity index (χ0v) is 18.7. The van der Waals surface area contributed by atoms with Gasteiger partial charge >= 0.3 is 0 Å². The molecule has 1 fully saturated rings. The maximum atomic E-state index is 12.6. The minimum absolute atomic E-state index is 0.0323. The maximum Gasteiger partial charge on any atom is 0.226 e. The van der Waals surface area contributed by atoms with Gasteiger partial charge in [0, 0.05) is 41.5 Å². The predicted octanol–water partition coefficient (Wildman–Crippen LogP) is 5.41. The fourth-order valence-corrected chi connectivity index (χ4v) is 3.76. The van der Waals surface area contributed by atoms with Crippen molar-refractivity contribution >= 4 is 39.9 Å². The van der Waals surface area contributed by atoms with E-state index in [9.17, 15) is 4.79 Å². The van der Waals surface area contributed by atoms with E-state index >= 15 is 0 Å². The summed E-state index contributed by atoms with van der Waals surface area (Å²) in [5.41, 5.74) is 1.62. The highest BCUT2D eigenvalue weighted by Gasteiger charge is 2.28. The van der Waals surface area contributed by atoms with Crippen LogP contribution in [0.25, 0.3) is 10.9 Å². The van der Waals surface area contributed by atoms with Crippen molar-refractivity contribution in [3.05, 3.63) is 53.3 Å². The molecule has 31 heavy (non-hydrogen) atoms. The van der Waals surface area contributed by atoms with Crippen LogP contribution in [0.15, 0.2) is 42.5 Å². The Kier molecular flexibility index (Phi) is 6.56. The Morgan fingerprint density at radius 2 is 1.94 bits per heavy atom. The number of hydrogen-bond donors (Lipinski definition) is 1. The van der Waals surface area contributed by atoms with E-state index in [0.717, 1.165) is 59.8 Å². The van der Waals surface area contributed by atoms with Crippen LogP contribution in [0.5, 0.6) is 5.75 Å². The Hall–Kier alpha value is -2.86. The molecule has 1 aliphatic carbocycles. The van der Waals surface area contributed by atoms with Crippen LogP contribution in [0, 0.1) is 0 Å². The zero-order valence-electron chi connectivity index (χ0n) is 17.9. The van der Waals surface area contributed by atoms with Crippen LogP contribution in [-0.4, -0.2) is 36.1 Å². The maximum absolute atomic E-state index is 12.6. The molecule has 1 amide bonds. The van der Waals surface area contributed by atoms with Crippen molar-refractivity contribution < 1.29 is 9.53 Å². The normalized spacial score (nSPS) is 13.3. The summed E-state index contributed by atoms with van der Waals surface area (Å²) in [7, 11) is 1.62. The van der Waals surface area contributed by atoms with Crippen LogP contribution in [-0.2, 0) is 4.79 Å². The number of ether oxygens (including phenoxy) is 1. The molecule has 2 aromatic carbocycles. The molecule has 1 saturated carbocycles. The van der Waals surface area contributed by atoms with Crippen LogP contribution in [0.3, 0.4) is 0 Å². The first-order valence-electron chi connectivity index (χ1n) is 10.7. The first kappa shape index (κ1) is 21.4. The van der Waals surface area contributed by atoms with Gasteiger partial charge < -0.3 is 15.0 Å². The van der Waals surface area contributed by atoms with Crippen molar-refractivity contribution in [2.24, 2.45) is 0 Å². The molecule has 0 atom stereocenters. The quantitative estimate of drug-likeness (QED) is 0.483. The molecule has 1 heterocycles. The van der Waals surface area contributed by atoms with Gasteiger partial charge in [-0.3, -0.25) is 4.79 Å². The van der Waals surface area contributed by atoms with Gasteiger partial charge in [-0.25, -0.2) is 9.97 Å². The second-order valence-corrected chi connectivity index (χ2v) is 8.29. The monoisotopic (exact) mass is 438 g/mol. The van der Waals surface area contributed by atoms with Gasteiger partial charge in [0.2, 0.25) is 5.91 Å². The van der Waals surface area contributed by atoms with Gasteiger partial charge in [-0.1, -0.05) is 18.5 Å². The second kappa shape index (κ2) is 9.52. The number of nitrogens with zero attached hydrogens (tertiary/aromatic N) is 3. The summed E-state index contributed by atoms with van der Waals surface area (Å²) in [6.07, 6.45) is 3.58. The van der Waals surface area contributed by atoms with E-state index in [-0.39, 0.29) is 5.91 Å². The first-order chi connectivity index (χ1) is 15.1. The minimum atomic E-state index is -0.0323. The number of aromatic nitrogens is 2. The number of benzene rings is 2. The van der Waals surface area contributed by atoms with Crippen molar-refractivity contribution in [1.29, 1.82) is 0 Å².